The minimum absolute atomic E-state index is 1.25. The SMILES string of the molecule is CC.Cc1ccc(C)c2c1cnn2C. The van der Waals surface area contributed by atoms with Gasteiger partial charge in [0.2, 0.25) is 0 Å². The minimum Gasteiger partial charge on any atom is -0.268 e. The maximum Gasteiger partial charge on any atom is 0.0710 e. The predicted molar refractivity (Wildman–Crippen MR) is 61.5 cm³/mol. The zero-order valence-corrected chi connectivity index (χ0v) is 9.63. The summed E-state index contributed by atoms with van der Waals surface area (Å²) in [6, 6.07) is 4.28. The van der Waals surface area contributed by atoms with Crippen molar-refractivity contribution < 1.29 is 0 Å². The van der Waals surface area contributed by atoms with Crippen LogP contribution in [0.25, 0.3) is 10.9 Å². The summed E-state index contributed by atoms with van der Waals surface area (Å²) in [6.07, 6.45) is 1.93. The maximum atomic E-state index is 4.23. The van der Waals surface area contributed by atoms with E-state index in [9.17, 15) is 0 Å². The van der Waals surface area contributed by atoms with Crippen LogP contribution in [-0.4, -0.2) is 9.78 Å². The van der Waals surface area contributed by atoms with Crippen molar-refractivity contribution in [1.29, 1.82) is 0 Å². The lowest BCUT2D eigenvalue weighted by Gasteiger charge is -2.00. The molecule has 14 heavy (non-hydrogen) atoms. The highest BCUT2D eigenvalue weighted by Crippen LogP contribution is 2.20. The van der Waals surface area contributed by atoms with Gasteiger partial charge in [0, 0.05) is 12.4 Å². The zero-order chi connectivity index (χ0) is 10.7. The van der Waals surface area contributed by atoms with Gasteiger partial charge < -0.3 is 0 Å². The molecule has 2 nitrogen and oxygen atoms in total. The molecule has 0 N–H and O–H groups in total. The van der Waals surface area contributed by atoms with Crippen LogP contribution in [0.3, 0.4) is 0 Å². The molecule has 2 rings (SSSR count). The number of hydrogen-bond donors (Lipinski definition) is 0. The first-order valence-electron chi connectivity index (χ1n) is 5.08. The highest BCUT2D eigenvalue weighted by atomic mass is 15.2. The van der Waals surface area contributed by atoms with Gasteiger partial charge in [-0.25, -0.2) is 0 Å². The fourth-order valence-corrected chi connectivity index (χ4v) is 1.61. The van der Waals surface area contributed by atoms with Gasteiger partial charge in [-0.05, 0) is 25.0 Å². The van der Waals surface area contributed by atoms with Gasteiger partial charge >= 0.3 is 0 Å². The lowest BCUT2D eigenvalue weighted by Crippen LogP contribution is -1.91. The van der Waals surface area contributed by atoms with Crippen LogP contribution in [0.1, 0.15) is 25.0 Å². The van der Waals surface area contributed by atoms with Crippen molar-refractivity contribution in [3.8, 4) is 0 Å². The Kier molecular flexibility index (Phi) is 3.28. The molecule has 76 valence electrons. The van der Waals surface area contributed by atoms with Crippen molar-refractivity contribution in [2.75, 3.05) is 0 Å². The molecule has 1 heterocycles. The van der Waals surface area contributed by atoms with E-state index in [4.69, 9.17) is 0 Å². The molecule has 0 amide bonds. The Morgan fingerprint density at radius 1 is 1.07 bits per heavy atom. The molecule has 0 aliphatic carbocycles. The van der Waals surface area contributed by atoms with Crippen LogP contribution in [-0.2, 0) is 7.05 Å². The van der Waals surface area contributed by atoms with Crippen molar-refractivity contribution in [1.82, 2.24) is 9.78 Å². The summed E-state index contributed by atoms with van der Waals surface area (Å²) in [5.74, 6) is 0. The van der Waals surface area contributed by atoms with Gasteiger partial charge in [-0.3, -0.25) is 4.68 Å². The third-order valence-corrected chi connectivity index (χ3v) is 2.32. The Hall–Kier alpha value is -1.31. The molecule has 1 aromatic heterocycles. The summed E-state index contributed by atoms with van der Waals surface area (Å²) >= 11 is 0. The number of fused-ring (bicyclic) bond motifs is 1. The van der Waals surface area contributed by atoms with Crippen LogP contribution >= 0.6 is 0 Å². The van der Waals surface area contributed by atoms with E-state index in [0.29, 0.717) is 0 Å². The molecule has 0 fully saturated rings. The second-order valence-corrected chi connectivity index (χ2v) is 3.23. The third kappa shape index (κ3) is 1.65. The molecule has 0 saturated carbocycles. The topological polar surface area (TPSA) is 17.8 Å². The van der Waals surface area contributed by atoms with Crippen LogP contribution in [0.5, 0.6) is 0 Å². The van der Waals surface area contributed by atoms with E-state index in [1.54, 1.807) is 0 Å². The normalized spacial score (nSPS) is 9.79. The number of nitrogens with zero attached hydrogens (tertiary/aromatic N) is 2. The highest BCUT2D eigenvalue weighted by molar-refractivity contribution is 5.84. The maximum absolute atomic E-state index is 4.23. The van der Waals surface area contributed by atoms with Crippen molar-refractivity contribution in [3.63, 3.8) is 0 Å². The molecule has 2 heteroatoms. The minimum atomic E-state index is 1.25. The number of hydrogen-bond acceptors (Lipinski definition) is 1. The standard InChI is InChI=1S/C10H12N2.C2H6/c1-7-4-5-8(2)10-9(7)6-11-12(10)3;1-2/h4-6H,1-3H3;1-2H3. The van der Waals surface area contributed by atoms with Gasteiger partial charge in [-0.1, -0.05) is 26.0 Å². The van der Waals surface area contributed by atoms with Crippen LogP contribution in [0.4, 0.5) is 0 Å². The molecule has 0 radical (unpaired) electrons. The van der Waals surface area contributed by atoms with Crippen molar-refractivity contribution >= 4 is 10.9 Å². The summed E-state index contributed by atoms with van der Waals surface area (Å²) in [7, 11) is 1.98. The lowest BCUT2D eigenvalue weighted by molar-refractivity contribution is 0.794. The van der Waals surface area contributed by atoms with Gasteiger partial charge in [-0.15, -0.1) is 0 Å². The first-order chi connectivity index (χ1) is 6.70. The van der Waals surface area contributed by atoms with Crippen LogP contribution in [0, 0.1) is 13.8 Å². The average molecular weight is 190 g/mol. The fourth-order valence-electron chi connectivity index (χ4n) is 1.61. The molecule has 0 spiro atoms. The molecule has 0 aliphatic rings. The monoisotopic (exact) mass is 190 g/mol. The third-order valence-electron chi connectivity index (χ3n) is 2.32. The Balaban J connectivity index is 0.000000461. The smallest absolute Gasteiger partial charge is 0.0710 e. The number of aromatic nitrogens is 2. The first-order valence-corrected chi connectivity index (χ1v) is 5.08. The van der Waals surface area contributed by atoms with Crippen molar-refractivity contribution in [2.24, 2.45) is 7.05 Å². The Labute approximate surface area is 85.6 Å². The number of benzene rings is 1. The zero-order valence-electron chi connectivity index (χ0n) is 9.63. The molecule has 0 atom stereocenters. The van der Waals surface area contributed by atoms with Gasteiger partial charge in [-0.2, -0.15) is 5.10 Å². The molecule has 0 unspecified atom stereocenters. The Bertz CT molecular complexity index is 427. The second-order valence-electron chi connectivity index (χ2n) is 3.23. The molecule has 0 bridgehead atoms. The summed E-state index contributed by atoms with van der Waals surface area (Å²) in [5.41, 5.74) is 3.83. The van der Waals surface area contributed by atoms with E-state index in [1.165, 1.54) is 22.0 Å². The first kappa shape index (κ1) is 10.8. The van der Waals surface area contributed by atoms with Crippen molar-refractivity contribution in [2.45, 2.75) is 27.7 Å². The molecule has 2 aromatic rings. The number of rotatable bonds is 0. The molecule has 0 aliphatic heterocycles. The van der Waals surface area contributed by atoms with Gasteiger partial charge in [0.15, 0.2) is 0 Å². The van der Waals surface area contributed by atoms with E-state index in [0.717, 1.165) is 0 Å². The summed E-state index contributed by atoms with van der Waals surface area (Å²) in [6.45, 7) is 8.23. The van der Waals surface area contributed by atoms with Crippen molar-refractivity contribution in [3.05, 3.63) is 29.5 Å². The van der Waals surface area contributed by atoms with E-state index in [1.807, 2.05) is 31.8 Å². The predicted octanol–water partition coefficient (Wildman–Crippen LogP) is 3.22. The van der Waals surface area contributed by atoms with E-state index >= 15 is 0 Å². The summed E-state index contributed by atoms with van der Waals surface area (Å²) in [4.78, 5) is 0. The quantitative estimate of drug-likeness (QED) is 0.623. The average Bonchev–Trinajstić information content (AvgIpc) is 2.59. The second kappa shape index (κ2) is 4.27. The molecular formula is C12H18N2. The highest BCUT2D eigenvalue weighted by Gasteiger charge is 2.03. The van der Waals surface area contributed by atoms with Crippen LogP contribution in [0.15, 0.2) is 18.3 Å². The molecule has 0 saturated heterocycles. The summed E-state index contributed by atoms with van der Waals surface area (Å²) in [5, 5.41) is 5.50. The fraction of sp³-hybridized carbons (Fsp3) is 0.417. The van der Waals surface area contributed by atoms with E-state index in [2.05, 4.69) is 31.1 Å². The molecule has 1 aromatic carbocycles. The molecular weight excluding hydrogens is 172 g/mol. The summed E-state index contributed by atoms with van der Waals surface area (Å²) < 4.78 is 1.93. The van der Waals surface area contributed by atoms with Gasteiger partial charge in [0.1, 0.15) is 0 Å². The van der Waals surface area contributed by atoms with Crippen LogP contribution < -0.4 is 0 Å². The van der Waals surface area contributed by atoms with Crippen LogP contribution in [0.2, 0.25) is 0 Å². The lowest BCUT2D eigenvalue weighted by atomic mass is 10.1. The number of aryl methyl sites for hydroxylation is 3. The Morgan fingerprint density at radius 3 is 2.21 bits per heavy atom. The van der Waals surface area contributed by atoms with Gasteiger partial charge in [0.25, 0.3) is 0 Å². The van der Waals surface area contributed by atoms with E-state index < -0.39 is 0 Å². The van der Waals surface area contributed by atoms with Gasteiger partial charge in [0.05, 0.1) is 11.7 Å². The Morgan fingerprint density at radius 2 is 1.64 bits per heavy atom. The largest absolute Gasteiger partial charge is 0.268 e. The van der Waals surface area contributed by atoms with E-state index in [-0.39, 0.29) is 0 Å².